The molecule has 4 aromatic rings. The highest BCUT2D eigenvalue weighted by Crippen LogP contribution is 2.32. The van der Waals surface area contributed by atoms with Crippen LogP contribution in [0.5, 0.6) is 0 Å². The summed E-state index contributed by atoms with van der Waals surface area (Å²) in [6.07, 6.45) is 0.658. The molecule has 1 aromatic heterocycles. The molecule has 0 aliphatic carbocycles. The van der Waals surface area contributed by atoms with Crippen LogP contribution in [0.1, 0.15) is 21.5 Å². The number of esters is 1. The van der Waals surface area contributed by atoms with Gasteiger partial charge in [-0.3, -0.25) is 13.9 Å². The number of sulfonamides is 1. The Morgan fingerprint density at radius 1 is 1.06 bits per heavy atom. The number of hydrogen-bond donors (Lipinski definition) is 0. The highest BCUT2D eigenvalue weighted by molar-refractivity contribution is 7.92. The number of para-hydroxylation sites is 1. The fraction of sp³-hybridized carbons (Fsp3) is 0.192. The monoisotopic (exact) mass is 521 g/mol. The van der Waals surface area contributed by atoms with E-state index < -0.39 is 21.9 Å². The van der Waals surface area contributed by atoms with Crippen molar-refractivity contribution in [2.24, 2.45) is 4.99 Å². The second kappa shape index (κ2) is 9.36. The fourth-order valence-electron chi connectivity index (χ4n) is 4.22. The number of carbonyl (C=O) groups excluding carboxylic acids is 2. The molecule has 0 atom stereocenters. The summed E-state index contributed by atoms with van der Waals surface area (Å²) in [4.78, 5) is 29.7. The van der Waals surface area contributed by atoms with Gasteiger partial charge in [0, 0.05) is 12.1 Å². The second-order valence-electron chi connectivity index (χ2n) is 8.42. The quantitative estimate of drug-likeness (QED) is 0.373. The van der Waals surface area contributed by atoms with Gasteiger partial charge in [0.1, 0.15) is 6.54 Å². The lowest BCUT2D eigenvalue weighted by Crippen LogP contribution is -2.29. The van der Waals surface area contributed by atoms with Crippen LogP contribution in [-0.2, 0) is 32.5 Å². The molecule has 0 saturated heterocycles. The predicted molar refractivity (Wildman–Crippen MR) is 138 cm³/mol. The summed E-state index contributed by atoms with van der Waals surface area (Å²) < 4.78 is 35.2. The first-order chi connectivity index (χ1) is 17.3. The Morgan fingerprint density at radius 3 is 2.56 bits per heavy atom. The van der Waals surface area contributed by atoms with E-state index in [-0.39, 0.29) is 17.0 Å². The van der Waals surface area contributed by atoms with Gasteiger partial charge in [-0.1, -0.05) is 35.6 Å². The van der Waals surface area contributed by atoms with E-state index in [0.29, 0.717) is 23.5 Å². The summed E-state index contributed by atoms with van der Waals surface area (Å²) in [6, 6.07) is 19.0. The zero-order valence-corrected chi connectivity index (χ0v) is 21.3. The van der Waals surface area contributed by atoms with Crippen molar-refractivity contribution in [1.82, 2.24) is 4.57 Å². The Hall–Kier alpha value is -3.76. The number of fused-ring (bicyclic) bond motifs is 2. The molecule has 0 bridgehead atoms. The largest absolute Gasteiger partial charge is 0.468 e. The van der Waals surface area contributed by atoms with E-state index >= 15 is 0 Å². The first-order valence-electron chi connectivity index (χ1n) is 11.2. The van der Waals surface area contributed by atoms with Crippen molar-refractivity contribution < 1.29 is 22.7 Å². The number of rotatable bonds is 5. The Bertz CT molecular complexity index is 1670. The molecule has 0 spiro atoms. The van der Waals surface area contributed by atoms with Crippen LogP contribution >= 0.6 is 11.3 Å². The van der Waals surface area contributed by atoms with Gasteiger partial charge in [-0.2, -0.15) is 4.99 Å². The number of thiazole rings is 1. The Labute approximate surface area is 212 Å². The van der Waals surface area contributed by atoms with Crippen molar-refractivity contribution >= 4 is 49.1 Å². The highest BCUT2D eigenvalue weighted by atomic mass is 32.2. The maximum atomic E-state index is 13.2. The third kappa shape index (κ3) is 4.33. The molecule has 184 valence electrons. The molecule has 1 aliphatic heterocycles. The van der Waals surface area contributed by atoms with Gasteiger partial charge in [-0.25, -0.2) is 8.42 Å². The smallest absolute Gasteiger partial charge is 0.325 e. The van der Waals surface area contributed by atoms with E-state index in [9.17, 15) is 18.0 Å². The van der Waals surface area contributed by atoms with Crippen LogP contribution in [0, 0.1) is 6.92 Å². The van der Waals surface area contributed by atoms with Crippen LogP contribution < -0.4 is 9.11 Å². The van der Waals surface area contributed by atoms with Crippen molar-refractivity contribution in [3.8, 4) is 0 Å². The normalized spacial score (nSPS) is 13.7. The molecule has 8 nitrogen and oxygen atoms in total. The van der Waals surface area contributed by atoms with Gasteiger partial charge in [-0.15, -0.1) is 0 Å². The average molecular weight is 522 g/mol. The van der Waals surface area contributed by atoms with Crippen LogP contribution in [0.15, 0.2) is 76.6 Å². The van der Waals surface area contributed by atoms with Gasteiger partial charge >= 0.3 is 5.97 Å². The molecule has 0 unspecified atom stereocenters. The zero-order chi connectivity index (χ0) is 25.4. The maximum Gasteiger partial charge on any atom is 0.325 e. The molecule has 5 rings (SSSR count). The Morgan fingerprint density at radius 2 is 1.81 bits per heavy atom. The summed E-state index contributed by atoms with van der Waals surface area (Å²) in [5.41, 5.74) is 3.74. The van der Waals surface area contributed by atoms with Gasteiger partial charge in [0.2, 0.25) is 0 Å². The van der Waals surface area contributed by atoms with Gasteiger partial charge < -0.3 is 9.30 Å². The lowest BCUT2D eigenvalue weighted by Gasteiger charge is -2.19. The minimum absolute atomic E-state index is 0.0832. The van der Waals surface area contributed by atoms with Crippen LogP contribution in [0.3, 0.4) is 0 Å². The first kappa shape index (κ1) is 24.0. The van der Waals surface area contributed by atoms with E-state index in [2.05, 4.69) is 4.99 Å². The fourth-order valence-corrected chi connectivity index (χ4v) is 6.85. The zero-order valence-electron chi connectivity index (χ0n) is 19.7. The van der Waals surface area contributed by atoms with E-state index in [4.69, 9.17) is 4.74 Å². The third-order valence-corrected chi connectivity index (χ3v) is 8.95. The lowest BCUT2D eigenvalue weighted by atomic mass is 10.2. The lowest BCUT2D eigenvalue weighted by molar-refractivity contribution is -0.141. The number of methoxy groups -OCH3 is 1. The molecule has 3 aromatic carbocycles. The second-order valence-corrected chi connectivity index (χ2v) is 11.3. The standard InChI is InChI=1S/C26H23N3O5S2/c1-17-7-12-22-23(15-17)35-26(28(22)16-24(30)34-2)27-25(31)19-8-10-20(11-9-19)36(32,33)29-14-13-18-5-3-4-6-21(18)29/h3-12,15H,13-14,16H2,1-2H3. The van der Waals surface area contributed by atoms with Crippen LogP contribution in [0.4, 0.5) is 5.69 Å². The molecule has 0 fully saturated rings. The summed E-state index contributed by atoms with van der Waals surface area (Å²) in [5.74, 6) is -0.991. The molecule has 1 aliphatic rings. The molecular weight excluding hydrogens is 498 g/mol. The molecule has 0 N–H and O–H groups in total. The number of aryl methyl sites for hydroxylation is 1. The molecule has 10 heteroatoms. The highest BCUT2D eigenvalue weighted by Gasteiger charge is 2.30. The van der Waals surface area contributed by atoms with Gasteiger partial charge in [0.05, 0.1) is 27.9 Å². The molecule has 0 saturated carbocycles. The Kier molecular flexibility index (Phi) is 6.23. The first-order valence-corrected chi connectivity index (χ1v) is 13.5. The van der Waals surface area contributed by atoms with Crippen molar-refractivity contribution in [3.05, 3.63) is 88.2 Å². The number of aromatic nitrogens is 1. The molecule has 1 amide bonds. The number of amides is 1. The number of benzene rings is 3. The number of nitrogens with zero attached hydrogens (tertiary/aromatic N) is 3. The third-order valence-electron chi connectivity index (χ3n) is 6.08. The van der Waals surface area contributed by atoms with E-state index in [1.807, 2.05) is 43.3 Å². The summed E-state index contributed by atoms with van der Waals surface area (Å²) in [5, 5.41) is 0. The molecule has 2 heterocycles. The SMILES string of the molecule is COC(=O)Cn1c(=NC(=O)c2ccc(S(=O)(=O)N3CCc4ccccc43)cc2)sc2cc(C)ccc21. The molecular formula is C26H23N3O5S2. The Balaban J connectivity index is 1.47. The van der Waals surface area contributed by atoms with E-state index in [1.165, 1.54) is 47.0 Å². The number of anilines is 1. The van der Waals surface area contributed by atoms with Crippen molar-refractivity contribution in [2.75, 3.05) is 18.0 Å². The topological polar surface area (TPSA) is 98.0 Å². The number of hydrogen-bond acceptors (Lipinski definition) is 6. The van der Waals surface area contributed by atoms with Gasteiger partial charge in [-0.05, 0) is 66.9 Å². The summed E-state index contributed by atoms with van der Waals surface area (Å²) in [6.45, 7) is 2.26. The van der Waals surface area contributed by atoms with Crippen LogP contribution in [-0.4, -0.2) is 38.5 Å². The van der Waals surface area contributed by atoms with E-state index in [1.54, 1.807) is 10.6 Å². The maximum absolute atomic E-state index is 13.2. The van der Waals surface area contributed by atoms with Gasteiger partial charge in [0.25, 0.3) is 15.9 Å². The number of ether oxygens (including phenoxy) is 1. The average Bonchev–Trinajstić information content (AvgIpc) is 3.45. The van der Waals surface area contributed by atoms with E-state index in [0.717, 1.165) is 21.3 Å². The summed E-state index contributed by atoms with van der Waals surface area (Å²) >= 11 is 1.30. The van der Waals surface area contributed by atoms with Crippen molar-refractivity contribution in [2.45, 2.75) is 24.8 Å². The van der Waals surface area contributed by atoms with Crippen molar-refractivity contribution in [3.63, 3.8) is 0 Å². The van der Waals surface area contributed by atoms with Crippen LogP contribution in [0.25, 0.3) is 10.2 Å². The van der Waals surface area contributed by atoms with Crippen LogP contribution in [0.2, 0.25) is 0 Å². The van der Waals surface area contributed by atoms with Gasteiger partial charge in [0.15, 0.2) is 4.80 Å². The molecule has 0 radical (unpaired) electrons. The molecule has 36 heavy (non-hydrogen) atoms. The minimum atomic E-state index is -3.76. The van der Waals surface area contributed by atoms with Crippen molar-refractivity contribution in [1.29, 1.82) is 0 Å². The predicted octanol–water partition coefficient (Wildman–Crippen LogP) is 3.68. The number of carbonyl (C=O) groups is 2. The minimum Gasteiger partial charge on any atom is -0.468 e. The summed E-state index contributed by atoms with van der Waals surface area (Å²) in [7, 11) is -2.45.